The molecule has 62 heavy (non-hydrogen) atoms. The van der Waals surface area contributed by atoms with Crippen molar-refractivity contribution >= 4 is 103 Å². The SMILES string of the molecule is C/C=C\CNc1c(-n2c3ccccc3c3ccccc32)c(C#N)c(-n2c3ccc(C)cc3c3ccc4c5ccc#cc5sc4c32)c(C#N)c1-n1c2ccccc2c2ccccc21. The molecule has 8 aromatic carbocycles. The minimum Gasteiger partial charge on any atom is -0.378 e. The van der Waals surface area contributed by atoms with E-state index >= 15 is 0 Å². The highest BCUT2D eigenvalue weighted by atomic mass is 32.1. The van der Waals surface area contributed by atoms with Gasteiger partial charge in [0.1, 0.15) is 23.3 Å². The maximum Gasteiger partial charge on any atom is 0.104 e. The lowest BCUT2D eigenvalue weighted by atomic mass is 9.99. The highest BCUT2D eigenvalue weighted by Crippen LogP contribution is 2.49. The van der Waals surface area contributed by atoms with E-state index in [1.165, 1.54) is 0 Å². The Morgan fingerprint density at radius 3 is 1.66 bits per heavy atom. The predicted molar refractivity (Wildman–Crippen MR) is 257 cm³/mol. The molecule has 0 amide bonds. The Labute approximate surface area is 360 Å². The van der Waals surface area contributed by atoms with Gasteiger partial charge in [-0.05, 0) is 62.4 Å². The summed E-state index contributed by atoms with van der Waals surface area (Å²) >= 11 is 1.67. The fourth-order valence-electron chi connectivity index (χ4n) is 9.88. The number of nitrogens with zero attached hydrogens (tertiary/aromatic N) is 5. The first kappa shape index (κ1) is 35.6. The Bertz CT molecular complexity index is 3730. The van der Waals surface area contributed by atoms with Crippen molar-refractivity contribution in [1.29, 1.82) is 10.5 Å². The molecule has 290 valence electrons. The van der Waals surface area contributed by atoms with Crippen LogP contribution in [0.2, 0.25) is 0 Å². The lowest BCUT2D eigenvalue weighted by molar-refractivity contribution is 1.07. The molecule has 0 radical (unpaired) electrons. The predicted octanol–water partition coefficient (Wildman–Crippen LogP) is 14.0. The zero-order valence-corrected chi connectivity index (χ0v) is 34.6. The van der Waals surface area contributed by atoms with Crippen LogP contribution < -0.4 is 5.32 Å². The topological polar surface area (TPSA) is 74.4 Å². The van der Waals surface area contributed by atoms with Crippen LogP contribution in [0.25, 0.3) is 103 Å². The smallest absolute Gasteiger partial charge is 0.104 e. The minimum absolute atomic E-state index is 0.387. The molecule has 12 aromatic rings. The number of nitriles is 2. The van der Waals surface area contributed by atoms with Crippen molar-refractivity contribution in [3.63, 3.8) is 0 Å². The highest BCUT2D eigenvalue weighted by molar-refractivity contribution is 7.26. The van der Waals surface area contributed by atoms with Crippen LogP contribution in [0.3, 0.4) is 0 Å². The maximum atomic E-state index is 12.0. The van der Waals surface area contributed by atoms with Gasteiger partial charge in [0.2, 0.25) is 0 Å². The largest absolute Gasteiger partial charge is 0.378 e. The van der Waals surface area contributed by atoms with Gasteiger partial charge in [-0.15, -0.1) is 11.3 Å². The first-order chi connectivity index (χ1) is 30.6. The molecule has 0 fully saturated rings. The van der Waals surface area contributed by atoms with Crippen LogP contribution >= 0.6 is 11.3 Å². The third-order valence-electron chi connectivity index (χ3n) is 12.4. The third kappa shape index (κ3) is 4.84. The zero-order chi connectivity index (χ0) is 41.6. The van der Waals surface area contributed by atoms with Gasteiger partial charge in [-0.25, -0.2) is 0 Å². The molecule has 0 bridgehead atoms. The zero-order valence-electron chi connectivity index (χ0n) is 33.8. The van der Waals surface area contributed by atoms with Crippen LogP contribution in [0.1, 0.15) is 23.6 Å². The van der Waals surface area contributed by atoms with Gasteiger partial charge in [0.15, 0.2) is 0 Å². The van der Waals surface area contributed by atoms with Crippen molar-refractivity contribution in [3.8, 4) is 29.2 Å². The minimum atomic E-state index is 0.387. The van der Waals surface area contributed by atoms with Crippen LogP contribution in [-0.4, -0.2) is 20.2 Å². The number of aryl methyl sites for hydroxylation is 1. The standard InChI is InChI=1S/C55H34N6S/c1-3-4-29-58-50-52(59-44-20-10-5-15-34(44)35-16-6-11-21-45(35)59)42(31-56)51(43(32-57)53(50)60-46-22-12-7-17-36(46)37-18-8-13-23-47(37)60)61-48-28-25-33(2)30-41(48)39-26-27-40-38-19-9-14-24-49(38)62-55(40)54(39)61/h3-13,15-23,25-28,30,58H,29H2,1-2H3/b4-3-. The molecule has 0 saturated carbocycles. The Balaban J connectivity index is 1.39. The Morgan fingerprint density at radius 2 is 1.11 bits per heavy atom. The van der Waals surface area contributed by atoms with Crippen molar-refractivity contribution in [2.75, 3.05) is 11.9 Å². The molecular weight excluding hydrogens is 777 g/mol. The Morgan fingerprint density at radius 1 is 0.581 bits per heavy atom. The molecule has 12 rings (SSSR count). The quantitative estimate of drug-likeness (QED) is 0.170. The number of allylic oxidation sites excluding steroid dienone is 1. The number of benzene rings is 7. The average Bonchev–Trinajstić information content (AvgIpc) is 4.05. The summed E-state index contributed by atoms with van der Waals surface area (Å²) in [6.07, 6.45) is 4.09. The summed E-state index contributed by atoms with van der Waals surface area (Å²) in [4.78, 5) is 0. The summed E-state index contributed by atoms with van der Waals surface area (Å²) in [5.41, 5.74) is 10.2. The van der Waals surface area contributed by atoms with Gasteiger partial charge in [-0.1, -0.05) is 121 Å². The second-order valence-corrected chi connectivity index (χ2v) is 16.7. The van der Waals surface area contributed by atoms with Crippen LogP contribution in [0.5, 0.6) is 0 Å². The van der Waals surface area contributed by atoms with Crippen LogP contribution in [0, 0.1) is 41.7 Å². The number of rotatable bonds is 6. The fourth-order valence-corrected chi connectivity index (χ4v) is 11.1. The first-order valence-corrected chi connectivity index (χ1v) is 21.5. The van der Waals surface area contributed by atoms with E-state index in [9.17, 15) is 10.5 Å². The number of hydrogen-bond acceptors (Lipinski definition) is 4. The third-order valence-corrected chi connectivity index (χ3v) is 13.5. The normalized spacial score (nSPS) is 11.9. The molecule has 1 N–H and O–H groups in total. The van der Waals surface area contributed by atoms with Gasteiger partial charge in [-0.2, -0.15) is 10.5 Å². The summed E-state index contributed by atoms with van der Waals surface area (Å²) in [6, 6.07) is 60.5. The lowest BCUT2D eigenvalue weighted by Gasteiger charge is -2.26. The van der Waals surface area contributed by atoms with E-state index in [0.29, 0.717) is 40.4 Å². The number of thiophene rings is 1. The van der Waals surface area contributed by atoms with Crippen molar-refractivity contribution in [2.24, 2.45) is 0 Å². The maximum absolute atomic E-state index is 12.0. The Hall–Kier alpha value is -8.28. The van der Waals surface area contributed by atoms with Crippen molar-refractivity contribution in [3.05, 3.63) is 181 Å². The van der Waals surface area contributed by atoms with E-state index in [1.807, 2.05) is 19.1 Å². The summed E-state index contributed by atoms with van der Waals surface area (Å²) < 4.78 is 8.75. The number of para-hydroxylation sites is 4. The van der Waals surface area contributed by atoms with Crippen LogP contribution in [-0.2, 0) is 0 Å². The molecule has 0 atom stereocenters. The molecule has 0 spiro atoms. The summed E-state index contributed by atoms with van der Waals surface area (Å²) in [5, 5.41) is 36.4. The lowest BCUT2D eigenvalue weighted by Crippen LogP contribution is -2.16. The summed E-state index contributed by atoms with van der Waals surface area (Å²) in [7, 11) is 0. The molecule has 0 aliphatic carbocycles. The number of aromatic nitrogens is 3. The monoisotopic (exact) mass is 810 g/mol. The number of hydrogen-bond donors (Lipinski definition) is 1. The average molecular weight is 811 g/mol. The first-order valence-electron chi connectivity index (χ1n) is 20.7. The van der Waals surface area contributed by atoms with Gasteiger partial charge in [0.25, 0.3) is 0 Å². The van der Waals surface area contributed by atoms with Gasteiger partial charge < -0.3 is 19.0 Å². The molecule has 4 heterocycles. The van der Waals surface area contributed by atoms with E-state index < -0.39 is 0 Å². The van der Waals surface area contributed by atoms with Crippen molar-refractivity contribution in [2.45, 2.75) is 13.8 Å². The second-order valence-electron chi connectivity index (χ2n) is 15.7. The van der Waals surface area contributed by atoms with Gasteiger partial charge in [0.05, 0.1) is 65.2 Å². The van der Waals surface area contributed by atoms with Crippen molar-refractivity contribution in [1.82, 2.24) is 13.7 Å². The second kappa shape index (κ2) is 13.6. The van der Waals surface area contributed by atoms with E-state index in [1.54, 1.807) is 11.3 Å². The number of nitrogens with one attached hydrogen (secondary N) is 1. The fraction of sp³-hybridized carbons (Fsp3) is 0.0545. The molecule has 0 saturated heterocycles. The van der Waals surface area contributed by atoms with E-state index in [-0.39, 0.29) is 0 Å². The molecule has 4 aromatic heterocycles. The molecule has 0 aliphatic rings. The van der Waals surface area contributed by atoms with Gasteiger partial charge >= 0.3 is 0 Å². The van der Waals surface area contributed by atoms with Gasteiger partial charge in [-0.3, -0.25) is 0 Å². The molecule has 7 heteroatoms. The van der Waals surface area contributed by atoms with E-state index in [0.717, 1.165) is 91.2 Å². The number of fused-ring (bicyclic) bond motifs is 13. The van der Waals surface area contributed by atoms with Crippen LogP contribution in [0.15, 0.2) is 152 Å². The number of anilines is 1. The molecule has 0 aliphatic heterocycles. The Kier molecular flexibility index (Phi) is 7.84. The van der Waals surface area contributed by atoms with Crippen molar-refractivity contribution < 1.29 is 0 Å². The highest BCUT2D eigenvalue weighted by Gasteiger charge is 2.33. The molecule has 0 unspecified atom stereocenters. The molecule has 6 nitrogen and oxygen atoms in total. The van der Waals surface area contributed by atoms with E-state index in [4.69, 9.17) is 0 Å². The summed E-state index contributed by atoms with van der Waals surface area (Å²) in [6.45, 7) is 4.58. The van der Waals surface area contributed by atoms with E-state index in [2.05, 4.69) is 190 Å². The van der Waals surface area contributed by atoms with Gasteiger partial charge in [0, 0.05) is 49.6 Å². The van der Waals surface area contributed by atoms with Crippen LogP contribution in [0.4, 0.5) is 5.69 Å². The molecular formula is C55H34N6S. The summed E-state index contributed by atoms with van der Waals surface area (Å²) in [5.74, 6) is 0.